The van der Waals surface area contributed by atoms with Gasteiger partial charge in [-0.05, 0) is 49.4 Å². The van der Waals surface area contributed by atoms with Crippen molar-refractivity contribution in [2.75, 3.05) is 10.6 Å². The Morgan fingerprint density at radius 3 is 1.27 bits per heavy atom. The predicted molar refractivity (Wildman–Crippen MR) is 156 cm³/mol. The first-order valence-corrected chi connectivity index (χ1v) is 15.4. The standard InChI is InChI=1S/C32H40N2O10/c35-17-13-19(37)27(33-21(39)11-15-7-3-1-4-8-15)31(43)23(17)25-29(41)26(30(25)42)24-18(36)14-20(38)28(32(24)44)34-22(40)12-16-9-5-2-6-10-16/h13-16,25-26,29-30,35-38,43-44H,1-12H2,(H,33,39)(H,34,40)/q-2. The molecule has 2 aromatic rings. The Morgan fingerprint density at radius 2 is 0.932 bits per heavy atom. The monoisotopic (exact) mass is 612 g/mol. The van der Waals surface area contributed by atoms with Crippen LogP contribution < -0.4 is 20.8 Å². The van der Waals surface area contributed by atoms with E-state index in [1.807, 2.05) is 0 Å². The summed E-state index contributed by atoms with van der Waals surface area (Å²) in [7, 11) is 0. The minimum atomic E-state index is -1.91. The van der Waals surface area contributed by atoms with Gasteiger partial charge in [0.15, 0.2) is 0 Å². The van der Waals surface area contributed by atoms with Gasteiger partial charge >= 0.3 is 0 Å². The second-order valence-electron chi connectivity index (χ2n) is 12.6. The Hall–Kier alpha value is -3.90. The van der Waals surface area contributed by atoms with E-state index in [-0.39, 0.29) is 24.7 Å². The summed E-state index contributed by atoms with van der Waals surface area (Å²) in [6.45, 7) is 0. The first kappa shape index (κ1) is 31.5. The molecule has 8 N–H and O–H groups in total. The number of phenols is 6. The molecule has 0 spiro atoms. The first-order valence-electron chi connectivity index (χ1n) is 15.4. The van der Waals surface area contributed by atoms with E-state index in [4.69, 9.17) is 0 Å². The van der Waals surface area contributed by atoms with E-state index in [1.54, 1.807) is 0 Å². The van der Waals surface area contributed by atoms with E-state index in [0.717, 1.165) is 76.3 Å². The molecule has 0 saturated heterocycles. The van der Waals surface area contributed by atoms with Gasteiger partial charge in [0.1, 0.15) is 45.9 Å². The number of benzene rings is 2. The van der Waals surface area contributed by atoms with Crippen molar-refractivity contribution in [1.29, 1.82) is 0 Å². The quantitative estimate of drug-likeness (QED) is 0.161. The van der Waals surface area contributed by atoms with Gasteiger partial charge in [0.2, 0.25) is 11.8 Å². The highest BCUT2D eigenvalue weighted by atomic mass is 16.3. The van der Waals surface area contributed by atoms with E-state index >= 15 is 0 Å². The summed E-state index contributed by atoms with van der Waals surface area (Å²) in [5.74, 6) is -8.19. The van der Waals surface area contributed by atoms with Crippen LogP contribution in [0.5, 0.6) is 34.5 Å². The third kappa shape index (κ3) is 6.18. The van der Waals surface area contributed by atoms with Crippen molar-refractivity contribution in [3.8, 4) is 34.5 Å². The molecule has 2 amide bonds. The highest BCUT2D eigenvalue weighted by Gasteiger charge is 2.44. The number of rotatable bonds is 8. The molecule has 5 rings (SSSR count). The maximum absolute atomic E-state index is 13.5. The summed E-state index contributed by atoms with van der Waals surface area (Å²) in [6.07, 6.45) is 6.29. The number of anilines is 2. The molecule has 0 heterocycles. The van der Waals surface area contributed by atoms with Crippen molar-refractivity contribution in [3.05, 3.63) is 23.3 Å². The molecule has 0 radical (unpaired) electrons. The average molecular weight is 613 g/mol. The summed E-state index contributed by atoms with van der Waals surface area (Å²) in [5.41, 5.74) is -1.80. The second-order valence-corrected chi connectivity index (χ2v) is 12.6. The van der Waals surface area contributed by atoms with Gasteiger partial charge in [0.25, 0.3) is 0 Å². The van der Waals surface area contributed by atoms with Gasteiger partial charge in [0, 0.05) is 36.1 Å². The minimum absolute atomic E-state index is 0.154. The molecular formula is C32H40N2O10-2. The third-order valence-electron chi connectivity index (χ3n) is 9.60. The number of nitrogens with one attached hydrogen (secondary N) is 2. The van der Waals surface area contributed by atoms with Crippen molar-refractivity contribution >= 4 is 23.2 Å². The Labute approximate surface area is 255 Å². The fourth-order valence-electron chi connectivity index (χ4n) is 7.24. The predicted octanol–water partition coefficient (Wildman–Crippen LogP) is 3.08. The van der Waals surface area contributed by atoms with Gasteiger partial charge in [0.05, 0.1) is 0 Å². The van der Waals surface area contributed by atoms with Crippen molar-refractivity contribution in [2.45, 2.75) is 101 Å². The average Bonchev–Trinajstić information content (AvgIpc) is 2.98. The maximum atomic E-state index is 13.5. The summed E-state index contributed by atoms with van der Waals surface area (Å²) >= 11 is 0. The molecule has 44 heavy (non-hydrogen) atoms. The highest BCUT2D eigenvalue weighted by molar-refractivity contribution is 5.96. The van der Waals surface area contributed by atoms with Crippen molar-refractivity contribution in [1.82, 2.24) is 0 Å². The van der Waals surface area contributed by atoms with E-state index in [1.165, 1.54) is 0 Å². The summed E-state index contributed by atoms with van der Waals surface area (Å²) < 4.78 is 0. The number of carbonyl (C=O) groups excluding carboxylic acids is 2. The lowest BCUT2D eigenvalue weighted by Crippen LogP contribution is -2.63. The zero-order valence-corrected chi connectivity index (χ0v) is 24.4. The van der Waals surface area contributed by atoms with Crippen LogP contribution in [0.15, 0.2) is 12.1 Å². The van der Waals surface area contributed by atoms with Gasteiger partial charge < -0.3 is 51.5 Å². The smallest absolute Gasteiger partial charge is 0.224 e. The number of hydrogen-bond acceptors (Lipinski definition) is 10. The molecule has 2 aromatic carbocycles. The van der Waals surface area contributed by atoms with E-state index < -0.39 is 92.9 Å². The Balaban J connectivity index is 1.36. The van der Waals surface area contributed by atoms with Crippen LogP contribution in [0.2, 0.25) is 0 Å². The van der Waals surface area contributed by atoms with Gasteiger partial charge in [-0.15, -0.1) is 12.2 Å². The van der Waals surface area contributed by atoms with Crippen molar-refractivity contribution < 1.29 is 50.4 Å². The molecule has 0 bridgehead atoms. The van der Waals surface area contributed by atoms with Crippen LogP contribution in [0.3, 0.4) is 0 Å². The first-order chi connectivity index (χ1) is 21.0. The zero-order chi connectivity index (χ0) is 31.7. The number of carbonyl (C=O) groups is 2. The normalized spacial score (nSPS) is 24.4. The van der Waals surface area contributed by atoms with Crippen LogP contribution in [0, 0.1) is 11.8 Å². The zero-order valence-electron chi connectivity index (χ0n) is 24.4. The maximum Gasteiger partial charge on any atom is 0.224 e. The molecule has 3 aliphatic rings. The van der Waals surface area contributed by atoms with Gasteiger partial charge in [-0.2, -0.15) is 0 Å². The second kappa shape index (κ2) is 13.0. The largest absolute Gasteiger partial charge is 0.851 e. The SMILES string of the molecule is O=C(CC1CCCCC1)Nc1c(O)cc(O)c(C2C([O-])C(c3c(O)cc(O)c(NC(=O)CC4CCCCC4)c3O)C2[O-])c1O. The van der Waals surface area contributed by atoms with E-state index in [2.05, 4.69) is 10.6 Å². The molecule has 0 atom stereocenters. The van der Waals surface area contributed by atoms with Crippen LogP contribution in [0.4, 0.5) is 11.4 Å². The van der Waals surface area contributed by atoms with Crippen LogP contribution >= 0.6 is 0 Å². The number of hydrogen-bond donors (Lipinski definition) is 8. The van der Waals surface area contributed by atoms with Crippen LogP contribution in [-0.4, -0.2) is 54.7 Å². The fraction of sp³-hybridized carbons (Fsp3) is 0.562. The van der Waals surface area contributed by atoms with Crippen molar-refractivity contribution in [3.63, 3.8) is 0 Å². The summed E-state index contributed by atoms with van der Waals surface area (Å²) in [4.78, 5) is 25.4. The molecule has 240 valence electrons. The van der Waals surface area contributed by atoms with Crippen LogP contribution in [-0.2, 0) is 9.59 Å². The fourth-order valence-corrected chi connectivity index (χ4v) is 7.24. The van der Waals surface area contributed by atoms with Gasteiger partial charge in [-0.3, -0.25) is 9.59 Å². The van der Waals surface area contributed by atoms with Gasteiger partial charge in [-0.1, -0.05) is 38.5 Å². The lowest BCUT2D eigenvalue weighted by molar-refractivity contribution is -0.536. The number of phenolic OH excluding ortho intramolecular Hbond substituents is 6. The molecule has 12 heteroatoms. The van der Waals surface area contributed by atoms with Crippen molar-refractivity contribution in [2.24, 2.45) is 11.8 Å². The topological polar surface area (TPSA) is 226 Å². The number of amides is 2. The van der Waals surface area contributed by atoms with Gasteiger partial charge in [-0.25, -0.2) is 0 Å². The lowest BCUT2D eigenvalue weighted by atomic mass is 9.62. The Bertz CT molecular complexity index is 1290. The van der Waals surface area contributed by atoms with Crippen LogP contribution in [0.1, 0.15) is 100 Å². The molecule has 0 aromatic heterocycles. The molecular weight excluding hydrogens is 572 g/mol. The molecule has 0 aliphatic heterocycles. The summed E-state index contributed by atoms with van der Waals surface area (Å²) in [6, 6.07) is 1.65. The Kier molecular flexibility index (Phi) is 9.31. The van der Waals surface area contributed by atoms with E-state index in [9.17, 15) is 50.4 Å². The molecule has 3 aliphatic carbocycles. The number of aromatic hydroxyl groups is 6. The molecule has 3 saturated carbocycles. The highest BCUT2D eigenvalue weighted by Crippen LogP contribution is 2.57. The third-order valence-corrected chi connectivity index (χ3v) is 9.60. The lowest BCUT2D eigenvalue weighted by Gasteiger charge is -2.61. The molecule has 0 unspecified atom stereocenters. The summed E-state index contributed by atoms with van der Waals surface area (Å²) in [5, 5.41) is 95.6. The van der Waals surface area contributed by atoms with E-state index in [0.29, 0.717) is 0 Å². The Morgan fingerprint density at radius 1 is 0.591 bits per heavy atom. The minimum Gasteiger partial charge on any atom is -0.851 e. The molecule has 12 nitrogen and oxygen atoms in total. The van der Waals surface area contributed by atoms with Crippen LogP contribution in [0.25, 0.3) is 0 Å². The molecule has 3 fully saturated rings.